The van der Waals surface area contributed by atoms with Crippen molar-refractivity contribution in [3.63, 3.8) is 0 Å². The first-order valence-electron chi connectivity index (χ1n) is 5.51. The molecular weight excluding hydrogens is 208 g/mol. The molecule has 0 spiro atoms. The number of benzene rings is 1. The summed E-state index contributed by atoms with van der Waals surface area (Å²) in [6.07, 6.45) is 3.41. The normalized spacial score (nSPS) is 26.7. The van der Waals surface area contributed by atoms with Gasteiger partial charge in [-0.05, 0) is 41.9 Å². The van der Waals surface area contributed by atoms with Gasteiger partial charge in [0.1, 0.15) is 0 Å². The molecule has 78 valence electrons. The Morgan fingerprint density at radius 1 is 1.47 bits per heavy atom. The van der Waals surface area contributed by atoms with Crippen LogP contribution in [-0.2, 0) is 11.2 Å². The van der Waals surface area contributed by atoms with Crippen LogP contribution in [0.3, 0.4) is 0 Å². The molecule has 2 aliphatic carbocycles. The summed E-state index contributed by atoms with van der Waals surface area (Å²) in [7, 11) is 0. The third kappa shape index (κ3) is 1.26. The lowest BCUT2D eigenvalue weighted by atomic mass is 9.94. The van der Waals surface area contributed by atoms with Gasteiger partial charge in [0.05, 0.1) is 5.88 Å². The molecule has 0 aliphatic heterocycles. The van der Waals surface area contributed by atoms with E-state index < -0.39 is 0 Å². The maximum absolute atomic E-state index is 11.7. The third-order valence-corrected chi connectivity index (χ3v) is 4.08. The topological polar surface area (TPSA) is 17.1 Å². The molecule has 0 amide bonds. The monoisotopic (exact) mass is 220 g/mol. The van der Waals surface area contributed by atoms with Crippen molar-refractivity contribution >= 4 is 17.4 Å². The molecule has 0 heterocycles. The molecule has 0 bridgehead atoms. The Labute approximate surface area is 94.4 Å². The van der Waals surface area contributed by atoms with Gasteiger partial charge in [-0.2, -0.15) is 0 Å². The number of hydrogen-bond donors (Lipinski definition) is 0. The molecule has 1 nitrogen and oxygen atoms in total. The van der Waals surface area contributed by atoms with Gasteiger partial charge in [0, 0.05) is 5.92 Å². The van der Waals surface area contributed by atoms with Crippen LogP contribution < -0.4 is 0 Å². The van der Waals surface area contributed by atoms with Gasteiger partial charge in [-0.15, -0.1) is 11.6 Å². The summed E-state index contributed by atoms with van der Waals surface area (Å²) in [5.74, 6) is 1.07. The molecule has 15 heavy (non-hydrogen) atoms. The van der Waals surface area contributed by atoms with Crippen LogP contribution in [0.1, 0.15) is 41.4 Å². The van der Waals surface area contributed by atoms with Crippen molar-refractivity contribution in [1.82, 2.24) is 0 Å². The van der Waals surface area contributed by atoms with Crippen LogP contribution in [0.25, 0.3) is 0 Å². The summed E-state index contributed by atoms with van der Waals surface area (Å²) in [5, 5.41) is 0. The molecule has 0 saturated heterocycles. The fourth-order valence-electron chi connectivity index (χ4n) is 3.17. The van der Waals surface area contributed by atoms with E-state index in [1.54, 1.807) is 0 Å². The number of ketones is 1. The number of aryl methyl sites for hydroxylation is 1. The second-order valence-corrected chi connectivity index (χ2v) is 4.81. The molecule has 2 unspecified atom stereocenters. The number of alkyl halides is 1. The molecular formula is C13H13ClO. The van der Waals surface area contributed by atoms with Crippen molar-refractivity contribution in [3.05, 3.63) is 34.9 Å². The Morgan fingerprint density at radius 2 is 2.33 bits per heavy atom. The largest absolute Gasteiger partial charge is 0.298 e. The summed E-state index contributed by atoms with van der Waals surface area (Å²) in [6, 6.07) is 6.39. The standard InChI is InChI=1S/C13H13ClO/c14-7-12(15)11-6-9-5-4-8-2-1-3-10(11)13(8)9/h1-3,9,11H,4-7H2. The second kappa shape index (κ2) is 3.34. The van der Waals surface area contributed by atoms with Crippen LogP contribution >= 0.6 is 11.6 Å². The van der Waals surface area contributed by atoms with Crippen LogP contribution in [0.15, 0.2) is 18.2 Å². The van der Waals surface area contributed by atoms with Gasteiger partial charge in [0.2, 0.25) is 0 Å². The number of carbonyl (C=O) groups excluding carboxylic acids is 1. The van der Waals surface area contributed by atoms with E-state index in [1.165, 1.54) is 29.5 Å². The van der Waals surface area contributed by atoms with Crippen LogP contribution in [0.4, 0.5) is 0 Å². The molecule has 3 rings (SSSR count). The zero-order valence-electron chi connectivity index (χ0n) is 8.50. The third-order valence-electron chi connectivity index (χ3n) is 3.82. The van der Waals surface area contributed by atoms with Crippen LogP contribution in [-0.4, -0.2) is 11.7 Å². The highest BCUT2D eigenvalue weighted by molar-refractivity contribution is 6.28. The summed E-state index contributed by atoms with van der Waals surface area (Å²) in [6.45, 7) is 0. The van der Waals surface area contributed by atoms with Gasteiger partial charge in [0.15, 0.2) is 5.78 Å². The average molecular weight is 221 g/mol. The van der Waals surface area contributed by atoms with Gasteiger partial charge in [-0.3, -0.25) is 4.79 Å². The summed E-state index contributed by atoms with van der Waals surface area (Å²) in [5.41, 5.74) is 4.20. The van der Waals surface area contributed by atoms with Crippen molar-refractivity contribution in [2.24, 2.45) is 0 Å². The first-order chi connectivity index (χ1) is 7.31. The Kier molecular flexibility index (Phi) is 2.10. The molecule has 0 fully saturated rings. The Hall–Kier alpha value is -0.820. The lowest BCUT2D eigenvalue weighted by Gasteiger charge is -2.10. The summed E-state index contributed by atoms with van der Waals surface area (Å²) < 4.78 is 0. The van der Waals surface area contributed by atoms with Gasteiger partial charge < -0.3 is 0 Å². The quantitative estimate of drug-likeness (QED) is 0.701. The van der Waals surface area contributed by atoms with Crippen molar-refractivity contribution < 1.29 is 4.79 Å². The molecule has 0 aromatic heterocycles. The minimum absolute atomic E-state index is 0.0859. The maximum Gasteiger partial charge on any atom is 0.155 e. The Balaban J connectivity index is 2.09. The smallest absolute Gasteiger partial charge is 0.155 e. The minimum Gasteiger partial charge on any atom is -0.298 e. The average Bonchev–Trinajstić information content (AvgIpc) is 2.84. The van der Waals surface area contributed by atoms with Crippen molar-refractivity contribution in [2.45, 2.75) is 31.1 Å². The van der Waals surface area contributed by atoms with E-state index in [0.29, 0.717) is 5.92 Å². The highest BCUT2D eigenvalue weighted by Gasteiger charge is 2.38. The summed E-state index contributed by atoms with van der Waals surface area (Å²) >= 11 is 5.65. The van der Waals surface area contributed by atoms with Crippen molar-refractivity contribution in [2.75, 3.05) is 5.88 Å². The minimum atomic E-state index is 0.0859. The molecule has 0 N–H and O–H groups in total. The van der Waals surface area contributed by atoms with Crippen LogP contribution in [0.5, 0.6) is 0 Å². The van der Waals surface area contributed by atoms with E-state index in [-0.39, 0.29) is 17.6 Å². The molecule has 0 saturated carbocycles. The maximum atomic E-state index is 11.7. The van der Waals surface area contributed by atoms with E-state index in [0.717, 1.165) is 6.42 Å². The lowest BCUT2D eigenvalue weighted by Crippen LogP contribution is -2.11. The highest BCUT2D eigenvalue weighted by Crippen LogP contribution is 2.49. The molecule has 1 aromatic rings. The number of carbonyl (C=O) groups is 1. The highest BCUT2D eigenvalue weighted by atomic mass is 35.5. The number of halogens is 1. The second-order valence-electron chi connectivity index (χ2n) is 4.54. The first kappa shape index (κ1) is 9.41. The van der Waals surface area contributed by atoms with Gasteiger partial charge in [-0.1, -0.05) is 18.2 Å². The molecule has 2 heteroatoms. The molecule has 1 aromatic carbocycles. The van der Waals surface area contributed by atoms with Gasteiger partial charge in [0.25, 0.3) is 0 Å². The van der Waals surface area contributed by atoms with E-state index >= 15 is 0 Å². The number of Topliss-reactive ketones (excluding diaryl/α,β-unsaturated/α-hetero) is 1. The zero-order valence-corrected chi connectivity index (χ0v) is 9.26. The molecule has 2 aliphatic rings. The van der Waals surface area contributed by atoms with Gasteiger partial charge in [-0.25, -0.2) is 0 Å². The van der Waals surface area contributed by atoms with E-state index in [4.69, 9.17) is 11.6 Å². The van der Waals surface area contributed by atoms with Crippen LogP contribution in [0.2, 0.25) is 0 Å². The Bertz CT molecular complexity index is 425. The van der Waals surface area contributed by atoms with Crippen molar-refractivity contribution in [1.29, 1.82) is 0 Å². The van der Waals surface area contributed by atoms with Crippen molar-refractivity contribution in [3.8, 4) is 0 Å². The predicted molar refractivity (Wildman–Crippen MR) is 60.6 cm³/mol. The SMILES string of the molecule is O=C(CCl)C1CC2CCc3cccc1c32. The fourth-order valence-corrected chi connectivity index (χ4v) is 3.36. The first-order valence-corrected chi connectivity index (χ1v) is 6.05. The van der Waals surface area contributed by atoms with E-state index in [1.807, 2.05) is 0 Å². The predicted octanol–water partition coefficient (Wildman–Crippen LogP) is 3.01. The van der Waals surface area contributed by atoms with Crippen LogP contribution in [0, 0.1) is 0 Å². The Morgan fingerprint density at radius 3 is 3.13 bits per heavy atom. The molecule has 2 atom stereocenters. The lowest BCUT2D eigenvalue weighted by molar-refractivity contribution is -0.118. The molecule has 0 radical (unpaired) electrons. The zero-order chi connectivity index (χ0) is 10.4. The van der Waals surface area contributed by atoms with E-state index in [2.05, 4.69) is 18.2 Å². The van der Waals surface area contributed by atoms with E-state index in [9.17, 15) is 4.79 Å². The van der Waals surface area contributed by atoms with Gasteiger partial charge >= 0.3 is 0 Å². The number of rotatable bonds is 2. The summed E-state index contributed by atoms with van der Waals surface area (Å²) in [4.78, 5) is 11.7. The number of hydrogen-bond acceptors (Lipinski definition) is 1. The fraction of sp³-hybridized carbons (Fsp3) is 0.462.